The predicted molar refractivity (Wildman–Crippen MR) is 88.5 cm³/mol. The van der Waals surface area contributed by atoms with Crippen molar-refractivity contribution in [1.82, 2.24) is 5.32 Å². The number of nitrogens with two attached hydrogens (primary N) is 1. The van der Waals surface area contributed by atoms with Gasteiger partial charge in [-0.3, -0.25) is 0 Å². The van der Waals surface area contributed by atoms with Crippen LogP contribution in [0.3, 0.4) is 0 Å². The van der Waals surface area contributed by atoms with Crippen LogP contribution in [0.25, 0.3) is 0 Å². The molecule has 0 aliphatic carbocycles. The minimum Gasteiger partial charge on any atom is -0.371 e. The van der Waals surface area contributed by atoms with E-state index in [0.29, 0.717) is 18.7 Å². The van der Waals surface area contributed by atoms with E-state index in [1.54, 1.807) is 0 Å². The van der Waals surface area contributed by atoms with E-state index >= 15 is 0 Å². The molecule has 0 saturated carbocycles. The second kappa shape index (κ2) is 7.75. The number of amides is 2. The highest BCUT2D eigenvalue weighted by Gasteiger charge is 2.07. The Labute approximate surface area is 140 Å². The SMILES string of the molecule is C[n+]1ccccc1CCNC(=O)Nc1ccc(OS(N)(=O)=O)cc1. The maximum atomic E-state index is 11.8. The topological polar surface area (TPSA) is 114 Å². The highest BCUT2D eigenvalue weighted by molar-refractivity contribution is 7.84. The summed E-state index contributed by atoms with van der Waals surface area (Å²) in [4.78, 5) is 11.8. The molecule has 24 heavy (non-hydrogen) atoms. The first-order valence-electron chi connectivity index (χ1n) is 7.14. The lowest BCUT2D eigenvalue weighted by molar-refractivity contribution is -0.679. The van der Waals surface area contributed by atoms with Crippen molar-refractivity contribution in [3.8, 4) is 5.75 Å². The van der Waals surface area contributed by atoms with Crippen molar-refractivity contribution in [2.24, 2.45) is 12.2 Å². The minimum absolute atomic E-state index is 0.0695. The van der Waals surface area contributed by atoms with Gasteiger partial charge >= 0.3 is 16.3 Å². The Kier molecular flexibility index (Phi) is 5.72. The third-order valence-electron chi connectivity index (χ3n) is 3.15. The average Bonchev–Trinajstić information content (AvgIpc) is 2.50. The first kappa shape index (κ1) is 17.7. The Bertz CT molecular complexity index is 806. The van der Waals surface area contributed by atoms with Crippen LogP contribution in [0.4, 0.5) is 10.5 Å². The molecule has 0 saturated heterocycles. The molecule has 0 aliphatic heterocycles. The van der Waals surface area contributed by atoms with Crippen LogP contribution < -0.4 is 24.5 Å². The van der Waals surface area contributed by atoms with Crippen molar-refractivity contribution in [2.45, 2.75) is 6.42 Å². The summed E-state index contributed by atoms with van der Waals surface area (Å²) in [7, 11) is -2.11. The standard InChI is InChI=1S/C15H18N4O4S/c1-19-11-3-2-4-13(19)9-10-17-15(20)18-12-5-7-14(8-6-12)23-24(16,21)22/h2-8,11H,9-10H2,1H3,(H3-,16,17,18,20,21,22)/p+1. The Morgan fingerprint density at radius 2 is 1.92 bits per heavy atom. The van der Waals surface area contributed by atoms with Crippen molar-refractivity contribution < 1.29 is 22.0 Å². The van der Waals surface area contributed by atoms with Crippen LogP contribution in [0, 0.1) is 0 Å². The number of rotatable bonds is 6. The Hall–Kier alpha value is -2.65. The van der Waals surface area contributed by atoms with Gasteiger partial charge in [-0.05, 0) is 24.3 Å². The zero-order valence-corrected chi connectivity index (χ0v) is 13.9. The Balaban J connectivity index is 1.81. The highest BCUT2D eigenvalue weighted by atomic mass is 32.2. The number of pyridine rings is 1. The monoisotopic (exact) mass is 351 g/mol. The summed E-state index contributed by atoms with van der Waals surface area (Å²) in [5.41, 5.74) is 1.60. The van der Waals surface area contributed by atoms with E-state index in [-0.39, 0.29) is 11.8 Å². The second-order valence-electron chi connectivity index (χ2n) is 5.03. The van der Waals surface area contributed by atoms with Gasteiger partial charge in [-0.1, -0.05) is 6.07 Å². The number of carbonyl (C=O) groups excluding carboxylic acids is 1. The van der Waals surface area contributed by atoms with Crippen molar-refractivity contribution in [3.63, 3.8) is 0 Å². The molecule has 9 heteroatoms. The molecule has 0 atom stereocenters. The summed E-state index contributed by atoms with van der Waals surface area (Å²) in [6.45, 7) is 0.482. The molecule has 2 aromatic rings. The zero-order valence-electron chi connectivity index (χ0n) is 13.1. The molecule has 4 N–H and O–H groups in total. The fraction of sp³-hybridized carbons (Fsp3) is 0.200. The predicted octanol–water partition coefficient (Wildman–Crippen LogP) is 0.458. The van der Waals surface area contributed by atoms with Gasteiger partial charge in [-0.25, -0.2) is 9.36 Å². The third-order valence-corrected chi connectivity index (χ3v) is 3.58. The van der Waals surface area contributed by atoms with Crippen LogP contribution >= 0.6 is 0 Å². The smallest absolute Gasteiger partial charge is 0.371 e. The van der Waals surface area contributed by atoms with E-state index in [1.165, 1.54) is 24.3 Å². The molecule has 2 amide bonds. The molecule has 0 fully saturated rings. The van der Waals surface area contributed by atoms with Crippen LogP contribution in [0.15, 0.2) is 48.7 Å². The lowest BCUT2D eigenvalue weighted by atomic mass is 10.2. The van der Waals surface area contributed by atoms with Crippen LogP contribution in [0.1, 0.15) is 5.69 Å². The summed E-state index contributed by atoms with van der Waals surface area (Å²) in [6, 6.07) is 11.3. The molecular formula is C15H19N4O4S+. The first-order valence-corrected chi connectivity index (χ1v) is 8.61. The Morgan fingerprint density at radius 3 is 2.54 bits per heavy atom. The number of aryl methyl sites for hydroxylation is 1. The summed E-state index contributed by atoms with van der Waals surface area (Å²) >= 11 is 0. The molecule has 128 valence electrons. The average molecular weight is 351 g/mol. The van der Waals surface area contributed by atoms with Crippen molar-refractivity contribution in [3.05, 3.63) is 54.4 Å². The van der Waals surface area contributed by atoms with Crippen LogP contribution in [-0.4, -0.2) is 21.0 Å². The highest BCUT2D eigenvalue weighted by Crippen LogP contribution is 2.16. The van der Waals surface area contributed by atoms with Gasteiger partial charge < -0.3 is 14.8 Å². The van der Waals surface area contributed by atoms with Gasteiger partial charge in [0.25, 0.3) is 0 Å². The van der Waals surface area contributed by atoms with Gasteiger partial charge in [0.05, 0.1) is 0 Å². The molecule has 0 radical (unpaired) electrons. The molecule has 0 spiro atoms. The fourth-order valence-corrected chi connectivity index (χ4v) is 2.41. The van der Waals surface area contributed by atoms with E-state index in [9.17, 15) is 13.2 Å². The third kappa shape index (κ3) is 5.86. The second-order valence-corrected chi connectivity index (χ2v) is 6.19. The van der Waals surface area contributed by atoms with Crippen LogP contribution in [0.5, 0.6) is 5.75 Å². The summed E-state index contributed by atoms with van der Waals surface area (Å²) < 4.78 is 28.1. The maximum Gasteiger partial charge on any atom is 0.380 e. The number of benzene rings is 1. The fourth-order valence-electron chi connectivity index (χ4n) is 2.03. The molecule has 0 bridgehead atoms. The molecule has 2 rings (SSSR count). The molecule has 1 aromatic carbocycles. The first-order chi connectivity index (χ1) is 11.3. The number of hydrogen-bond donors (Lipinski definition) is 3. The van der Waals surface area contributed by atoms with Crippen molar-refractivity contribution in [1.29, 1.82) is 0 Å². The van der Waals surface area contributed by atoms with Crippen LogP contribution in [0.2, 0.25) is 0 Å². The molecule has 0 unspecified atom stereocenters. The van der Waals surface area contributed by atoms with E-state index in [2.05, 4.69) is 14.8 Å². The zero-order chi connectivity index (χ0) is 17.6. The van der Waals surface area contributed by atoms with Gasteiger partial charge in [0.15, 0.2) is 11.9 Å². The van der Waals surface area contributed by atoms with Gasteiger partial charge in [0, 0.05) is 30.8 Å². The lowest BCUT2D eigenvalue weighted by Crippen LogP contribution is -2.36. The minimum atomic E-state index is -4.06. The largest absolute Gasteiger partial charge is 0.380 e. The number of aromatic nitrogens is 1. The Morgan fingerprint density at radius 1 is 1.21 bits per heavy atom. The lowest BCUT2D eigenvalue weighted by Gasteiger charge is -2.08. The number of urea groups is 1. The quantitative estimate of drug-likeness (QED) is 0.656. The molecular weight excluding hydrogens is 332 g/mol. The van der Waals surface area contributed by atoms with Gasteiger partial charge in [-0.2, -0.15) is 13.6 Å². The molecule has 8 nitrogen and oxygen atoms in total. The number of anilines is 1. The molecule has 0 aliphatic rings. The van der Waals surface area contributed by atoms with Gasteiger partial charge in [0.1, 0.15) is 12.8 Å². The van der Waals surface area contributed by atoms with Crippen LogP contribution in [-0.2, 0) is 23.8 Å². The van der Waals surface area contributed by atoms with E-state index in [0.717, 1.165) is 5.69 Å². The van der Waals surface area contributed by atoms with Crippen molar-refractivity contribution in [2.75, 3.05) is 11.9 Å². The molecule has 1 aromatic heterocycles. The summed E-state index contributed by atoms with van der Waals surface area (Å²) in [6.07, 6.45) is 2.65. The number of nitrogens with one attached hydrogen (secondary N) is 2. The summed E-state index contributed by atoms with van der Waals surface area (Å²) in [5, 5.41) is 10.2. The molecule has 1 heterocycles. The maximum absolute atomic E-state index is 11.8. The van der Waals surface area contributed by atoms with E-state index in [4.69, 9.17) is 5.14 Å². The van der Waals surface area contributed by atoms with E-state index < -0.39 is 10.3 Å². The van der Waals surface area contributed by atoms with Crippen molar-refractivity contribution >= 4 is 22.0 Å². The number of hydrogen-bond acceptors (Lipinski definition) is 4. The van der Waals surface area contributed by atoms with Gasteiger partial charge in [-0.15, -0.1) is 0 Å². The number of carbonyl (C=O) groups is 1. The van der Waals surface area contributed by atoms with E-state index in [1.807, 2.05) is 36.0 Å². The normalized spacial score (nSPS) is 10.9. The van der Waals surface area contributed by atoms with Gasteiger partial charge in [0.2, 0.25) is 0 Å². The summed E-state index contributed by atoms with van der Waals surface area (Å²) in [5.74, 6) is 0.0695. The number of nitrogens with zero attached hydrogens (tertiary/aromatic N) is 1.